The summed E-state index contributed by atoms with van der Waals surface area (Å²) in [5, 5.41) is 8.99. The highest BCUT2D eigenvalue weighted by Crippen LogP contribution is 2.19. The second-order valence-corrected chi connectivity index (χ2v) is 7.04. The van der Waals surface area contributed by atoms with E-state index in [0.29, 0.717) is 42.2 Å². The maximum absolute atomic E-state index is 12.3. The van der Waals surface area contributed by atoms with E-state index < -0.39 is 5.91 Å². The molecule has 27 heavy (non-hydrogen) atoms. The molecule has 0 spiro atoms. The van der Waals surface area contributed by atoms with Gasteiger partial charge in [-0.25, -0.2) is 0 Å². The van der Waals surface area contributed by atoms with Gasteiger partial charge in [-0.1, -0.05) is 5.16 Å². The van der Waals surface area contributed by atoms with Crippen molar-refractivity contribution in [2.75, 3.05) is 25.0 Å². The van der Waals surface area contributed by atoms with Crippen molar-refractivity contribution < 1.29 is 23.3 Å². The topological polar surface area (TPSA) is 118 Å². The number of nitrogens with zero attached hydrogens (tertiary/aromatic N) is 2. The first-order valence-electron chi connectivity index (χ1n) is 8.48. The molecule has 0 aliphatic carbocycles. The average Bonchev–Trinajstić information content (AvgIpc) is 3.27. The fraction of sp³-hybridized carbons (Fsp3) is 0.412. The van der Waals surface area contributed by atoms with E-state index in [4.69, 9.17) is 8.94 Å². The summed E-state index contributed by atoms with van der Waals surface area (Å²) in [5.74, 6) is 0.172. The molecule has 0 aromatic carbocycles. The molecule has 2 N–H and O–H groups in total. The number of anilines is 1. The monoisotopic (exact) mass is 438 g/mol. The molecule has 1 saturated heterocycles. The Labute approximate surface area is 163 Å². The number of piperidine rings is 1. The van der Waals surface area contributed by atoms with Crippen molar-refractivity contribution in [3.63, 3.8) is 0 Å². The average molecular weight is 439 g/mol. The summed E-state index contributed by atoms with van der Waals surface area (Å²) in [4.78, 5) is 38.1. The van der Waals surface area contributed by atoms with Crippen LogP contribution in [0.4, 0.5) is 5.82 Å². The normalized spacial score (nSPS) is 14.8. The molecule has 0 radical (unpaired) electrons. The Morgan fingerprint density at radius 3 is 2.63 bits per heavy atom. The van der Waals surface area contributed by atoms with Gasteiger partial charge < -0.3 is 24.5 Å². The van der Waals surface area contributed by atoms with E-state index in [1.807, 2.05) is 0 Å². The summed E-state index contributed by atoms with van der Waals surface area (Å²) < 4.78 is 10.5. The Bertz CT molecular complexity index is 838. The lowest BCUT2D eigenvalue weighted by Gasteiger charge is -2.31. The van der Waals surface area contributed by atoms with Gasteiger partial charge >= 0.3 is 0 Å². The molecule has 2 aromatic heterocycles. The quantitative estimate of drug-likeness (QED) is 0.736. The first-order chi connectivity index (χ1) is 12.9. The SMILES string of the molecule is Cc1cc(NC(=O)C2CCN(C(=O)CNC(=O)c3ccc(Br)o3)CC2)no1. The van der Waals surface area contributed by atoms with Crippen molar-refractivity contribution >= 4 is 39.5 Å². The van der Waals surface area contributed by atoms with Crippen LogP contribution in [0.2, 0.25) is 0 Å². The zero-order chi connectivity index (χ0) is 19.4. The van der Waals surface area contributed by atoms with Crippen molar-refractivity contribution in [3.8, 4) is 0 Å². The smallest absolute Gasteiger partial charge is 0.287 e. The molecular formula is C17H19BrN4O5. The van der Waals surface area contributed by atoms with E-state index in [-0.39, 0.29) is 30.0 Å². The Kier molecular flexibility index (Phi) is 5.94. The lowest BCUT2D eigenvalue weighted by molar-refractivity contribution is -0.133. The zero-order valence-corrected chi connectivity index (χ0v) is 16.2. The van der Waals surface area contributed by atoms with E-state index in [9.17, 15) is 14.4 Å². The number of rotatable bonds is 5. The molecule has 3 heterocycles. The third-order valence-corrected chi connectivity index (χ3v) is 4.72. The lowest BCUT2D eigenvalue weighted by Crippen LogP contribution is -2.45. The molecule has 10 heteroatoms. The van der Waals surface area contributed by atoms with Crippen LogP contribution in [0.3, 0.4) is 0 Å². The number of furan rings is 1. The third-order valence-electron chi connectivity index (χ3n) is 4.29. The molecule has 3 amide bonds. The van der Waals surface area contributed by atoms with Crippen LogP contribution in [0.25, 0.3) is 0 Å². The van der Waals surface area contributed by atoms with Gasteiger partial charge in [-0.3, -0.25) is 14.4 Å². The molecule has 0 bridgehead atoms. The van der Waals surface area contributed by atoms with Crippen LogP contribution in [-0.2, 0) is 9.59 Å². The number of aryl methyl sites for hydroxylation is 1. The summed E-state index contributed by atoms with van der Waals surface area (Å²) in [6.45, 7) is 2.54. The Morgan fingerprint density at radius 1 is 1.30 bits per heavy atom. The first kappa shape index (κ1) is 19.2. The van der Waals surface area contributed by atoms with Crippen LogP contribution in [0.15, 0.2) is 31.8 Å². The number of halogens is 1. The number of likely N-dealkylation sites (tertiary alicyclic amines) is 1. The number of aromatic nitrogens is 1. The maximum Gasteiger partial charge on any atom is 0.287 e. The summed E-state index contributed by atoms with van der Waals surface area (Å²) in [5.41, 5.74) is 0. The maximum atomic E-state index is 12.3. The van der Waals surface area contributed by atoms with Crippen LogP contribution < -0.4 is 10.6 Å². The molecule has 0 unspecified atom stereocenters. The number of hydrogen-bond acceptors (Lipinski definition) is 6. The molecule has 3 rings (SSSR count). The van der Waals surface area contributed by atoms with Gasteiger partial charge in [0.1, 0.15) is 5.76 Å². The number of carbonyl (C=O) groups excluding carboxylic acids is 3. The number of nitrogens with one attached hydrogen (secondary N) is 2. The third kappa shape index (κ3) is 4.97. The summed E-state index contributed by atoms with van der Waals surface area (Å²) >= 11 is 3.12. The zero-order valence-electron chi connectivity index (χ0n) is 14.7. The van der Waals surface area contributed by atoms with Crippen LogP contribution in [0.5, 0.6) is 0 Å². The van der Waals surface area contributed by atoms with Gasteiger partial charge in [0.25, 0.3) is 5.91 Å². The fourth-order valence-electron chi connectivity index (χ4n) is 2.84. The predicted octanol–water partition coefficient (Wildman–Crippen LogP) is 1.95. The van der Waals surface area contributed by atoms with Crippen molar-refractivity contribution in [3.05, 3.63) is 34.4 Å². The molecule has 1 fully saturated rings. The second kappa shape index (κ2) is 8.38. The summed E-state index contributed by atoms with van der Waals surface area (Å²) in [7, 11) is 0. The summed E-state index contributed by atoms with van der Waals surface area (Å²) in [6, 6.07) is 4.77. The van der Waals surface area contributed by atoms with Gasteiger partial charge in [-0.2, -0.15) is 0 Å². The number of hydrogen-bond donors (Lipinski definition) is 2. The number of carbonyl (C=O) groups is 3. The molecule has 1 aliphatic heterocycles. The standard InChI is InChI=1S/C17H19BrN4O5/c1-10-8-14(21-27-10)20-16(24)11-4-6-22(7-5-11)15(23)9-19-17(25)12-2-3-13(18)26-12/h2-3,8,11H,4-7,9H2,1H3,(H,19,25)(H,20,21,24). The highest BCUT2D eigenvalue weighted by Gasteiger charge is 2.28. The van der Waals surface area contributed by atoms with Crippen molar-refractivity contribution in [1.29, 1.82) is 0 Å². The van der Waals surface area contributed by atoms with Crippen molar-refractivity contribution in [2.24, 2.45) is 5.92 Å². The van der Waals surface area contributed by atoms with E-state index in [1.165, 1.54) is 6.07 Å². The van der Waals surface area contributed by atoms with E-state index in [2.05, 4.69) is 31.7 Å². The van der Waals surface area contributed by atoms with Gasteiger partial charge in [0.2, 0.25) is 11.8 Å². The van der Waals surface area contributed by atoms with E-state index in [0.717, 1.165) is 0 Å². The van der Waals surface area contributed by atoms with Gasteiger partial charge in [-0.05, 0) is 47.8 Å². The van der Waals surface area contributed by atoms with Gasteiger partial charge in [0, 0.05) is 25.1 Å². The van der Waals surface area contributed by atoms with Gasteiger partial charge in [0.15, 0.2) is 16.2 Å². The minimum atomic E-state index is -0.453. The molecule has 2 aromatic rings. The van der Waals surface area contributed by atoms with E-state index >= 15 is 0 Å². The van der Waals surface area contributed by atoms with Crippen LogP contribution in [-0.4, -0.2) is 47.4 Å². The molecule has 9 nitrogen and oxygen atoms in total. The van der Waals surface area contributed by atoms with Crippen LogP contribution in [0.1, 0.15) is 29.2 Å². The highest BCUT2D eigenvalue weighted by atomic mass is 79.9. The molecule has 0 saturated carbocycles. The largest absolute Gasteiger partial charge is 0.444 e. The van der Waals surface area contributed by atoms with Gasteiger partial charge in [-0.15, -0.1) is 0 Å². The lowest BCUT2D eigenvalue weighted by atomic mass is 9.96. The van der Waals surface area contributed by atoms with Gasteiger partial charge in [0.05, 0.1) is 6.54 Å². The van der Waals surface area contributed by atoms with Crippen molar-refractivity contribution in [1.82, 2.24) is 15.4 Å². The molecule has 1 aliphatic rings. The predicted molar refractivity (Wildman–Crippen MR) is 97.9 cm³/mol. The van der Waals surface area contributed by atoms with E-state index in [1.54, 1.807) is 24.0 Å². The molecular weight excluding hydrogens is 420 g/mol. The Morgan fingerprint density at radius 2 is 2.04 bits per heavy atom. The second-order valence-electron chi connectivity index (χ2n) is 6.25. The first-order valence-corrected chi connectivity index (χ1v) is 9.27. The molecule has 144 valence electrons. The minimum absolute atomic E-state index is 0.119. The Balaban J connectivity index is 1.42. The fourth-order valence-corrected chi connectivity index (χ4v) is 3.14. The minimum Gasteiger partial charge on any atom is -0.444 e. The molecule has 0 atom stereocenters. The van der Waals surface area contributed by atoms with Crippen LogP contribution in [0, 0.1) is 12.8 Å². The van der Waals surface area contributed by atoms with Crippen LogP contribution >= 0.6 is 15.9 Å². The summed E-state index contributed by atoms with van der Waals surface area (Å²) in [6.07, 6.45) is 1.10. The Hall–Kier alpha value is -2.62. The number of amides is 3. The van der Waals surface area contributed by atoms with Crippen molar-refractivity contribution in [2.45, 2.75) is 19.8 Å². The highest BCUT2D eigenvalue weighted by molar-refractivity contribution is 9.10.